The Kier molecular flexibility index (Phi) is 4.57. The summed E-state index contributed by atoms with van der Waals surface area (Å²) < 4.78 is 70.9. The van der Waals surface area contributed by atoms with Crippen LogP contribution in [-0.4, -0.2) is 33.6 Å². The monoisotopic (exact) mass is 431 g/mol. The second-order valence-electron chi connectivity index (χ2n) is 5.97. The zero-order valence-electron chi connectivity index (χ0n) is 14.0. The van der Waals surface area contributed by atoms with E-state index >= 15 is 0 Å². The number of alkyl halides is 3. The normalized spacial score (nSPS) is 15.7. The molecule has 1 fully saturated rings. The fourth-order valence-corrected chi connectivity index (χ4v) is 5.00. The molecule has 0 atom stereocenters. The van der Waals surface area contributed by atoms with Gasteiger partial charge >= 0.3 is 6.43 Å². The molecule has 1 aliphatic carbocycles. The van der Waals surface area contributed by atoms with Gasteiger partial charge in [-0.3, -0.25) is 9.29 Å². The van der Waals surface area contributed by atoms with Crippen LogP contribution >= 0.6 is 11.3 Å². The van der Waals surface area contributed by atoms with Crippen LogP contribution in [0.1, 0.15) is 30.2 Å². The van der Waals surface area contributed by atoms with E-state index in [-0.39, 0.29) is 31.0 Å². The molecule has 0 amide bonds. The fourth-order valence-electron chi connectivity index (χ4n) is 2.40. The Morgan fingerprint density at radius 2 is 2.07 bits per heavy atom. The minimum Gasteiger partial charge on any atom is -0.414 e. The van der Waals surface area contributed by atoms with Crippen LogP contribution in [0.2, 0.25) is 0 Å². The first-order valence-electron chi connectivity index (χ1n) is 7.98. The topological polar surface area (TPSA) is 102 Å². The average Bonchev–Trinajstić information content (AvgIpc) is 3.11. The summed E-state index contributed by atoms with van der Waals surface area (Å²) in [6, 6.07) is 3.03. The van der Waals surface area contributed by atoms with E-state index in [0.717, 1.165) is 15.6 Å². The Morgan fingerprint density at radius 1 is 1.29 bits per heavy atom. The fraction of sp³-hybridized carbons (Fsp3) is 0.333. The van der Waals surface area contributed by atoms with Gasteiger partial charge in [-0.25, -0.2) is 17.8 Å². The zero-order valence-corrected chi connectivity index (χ0v) is 15.6. The number of thiazole rings is 1. The van der Waals surface area contributed by atoms with Crippen molar-refractivity contribution < 1.29 is 26.0 Å². The van der Waals surface area contributed by atoms with E-state index in [0.29, 0.717) is 9.88 Å². The number of sulfonamides is 1. The van der Waals surface area contributed by atoms with Gasteiger partial charge in [-0.1, -0.05) is 0 Å². The number of anilines is 1. The molecule has 3 heterocycles. The van der Waals surface area contributed by atoms with Crippen molar-refractivity contribution in [1.29, 1.82) is 0 Å². The summed E-state index contributed by atoms with van der Waals surface area (Å²) in [5.74, 6) is -0.975. The van der Waals surface area contributed by atoms with Crippen LogP contribution in [-0.2, 0) is 16.6 Å². The molecule has 0 unspecified atom stereocenters. The summed E-state index contributed by atoms with van der Waals surface area (Å²) in [4.78, 5) is 8.26. The molecule has 0 radical (unpaired) electrons. The van der Waals surface area contributed by atoms with Gasteiger partial charge in [-0.2, -0.15) is 8.78 Å². The molecule has 8 nitrogen and oxygen atoms in total. The standard InChI is InChI=1S/C15H12F3N5O3S2/c16-12(17)14-22-21-13(26-14)10-7-20-11(27-10)8-23(9-2-1-5-19-6-9)28(24,25)15(18)3-4-15/h1-2,5-7,12H,3-4,8H2. The van der Waals surface area contributed by atoms with E-state index in [1.807, 2.05) is 0 Å². The summed E-state index contributed by atoms with van der Waals surface area (Å²) >= 11 is 0.980. The van der Waals surface area contributed by atoms with Crippen LogP contribution in [0.15, 0.2) is 35.1 Å². The predicted molar refractivity (Wildman–Crippen MR) is 92.8 cm³/mol. The quantitative estimate of drug-likeness (QED) is 0.565. The van der Waals surface area contributed by atoms with Crippen LogP contribution < -0.4 is 4.31 Å². The van der Waals surface area contributed by atoms with Crippen molar-refractivity contribution in [3.63, 3.8) is 0 Å². The number of rotatable bonds is 7. The van der Waals surface area contributed by atoms with E-state index in [4.69, 9.17) is 4.42 Å². The molecule has 4 rings (SSSR count). The minimum absolute atomic E-state index is 0.0758. The molecular formula is C15H12F3N5O3S2. The Hall–Kier alpha value is -2.54. The highest BCUT2D eigenvalue weighted by molar-refractivity contribution is 7.94. The molecule has 3 aromatic heterocycles. The summed E-state index contributed by atoms with van der Waals surface area (Å²) in [6.45, 7) is -0.250. The number of aromatic nitrogens is 4. The van der Waals surface area contributed by atoms with Gasteiger partial charge in [0.05, 0.1) is 24.6 Å². The summed E-state index contributed by atoms with van der Waals surface area (Å²) in [6.07, 6.45) is 1.03. The molecule has 0 aromatic carbocycles. The first kappa shape index (κ1) is 18.8. The number of halogens is 3. The van der Waals surface area contributed by atoms with Gasteiger partial charge in [0, 0.05) is 19.0 Å². The smallest absolute Gasteiger partial charge is 0.314 e. The second-order valence-corrected chi connectivity index (χ2v) is 9.21. The molecule has 0 spiro atoms. The largest absolute Gasteiger partial charge is 0.414 e. The molecule has 148 valence electrons. The molecule has 0 saturated heterocycles. The van der Waals surface area contributed by atoms with Crippen LogP contribution in [0.4, 0.5) is 18.9 Å². The average molecular weight is 431 g/mol. The molecule has 28 heavy (non-hydrogen) atoms. The lowest BCUT2D eigenvalue weighted by molar-refractivity contribution is 0.116. The minimum atomic E-state index is -4.30. The maximum absolute atomic E-state index is 14.5. The molecule has 0 bridgehead atoms. The number of nitrogens with zero attached hydrogens (tertiary/aromatic N) is 5. The first-order valence-corrected chi connectivity index (χ1v) is 10.2. The van der Waals surface area contributed by atoms with Gasteiger partial charge in [0.1, 0.15) is 9.88 Å². The van der Waals surface area contributed by atoms with E-state index in [1.165, 1.54) is 30.7 Å². The Labute approximate surface area is 161 Å². The van der Waals surface area contributed by atoms with Gasteiger partial charge in [0.2, 0.25) is 5.00 Å². The highest BCUT2D eigenvalue weighted by Crippen LogP contribution is 2.47. The molecule has 0 aliphatic heterocycles. The van der Waals surface area contributed by atoms with Crippen molar-refractivity contribution >= 4 is 27.0 Å². The molecule has 13 heteroatoms. The van der Waals surface area contributed by atoms with Crippen LogP contribution in [0.25, 0.3) is 10.8 Å². The van der Waals surface area contributed by atoms with Gasteiger partial charge < -0.3 is 4.42 Å². The van der Waals surface area contributed by atoms with Crippen molar-refractivity contribution in [2.24, 2.45) is 0 Å². The molecule has 0 N–H and O–H groups in total. The highest BCUT2D eigenvalue weighted by Gasteiger charge is 2.58. The lowest BCUT2D eigenvalue weighted by Crippen LogP contribution is -2.37. The highest BCUT2D eigenvalue weighted by atomic mass is 32.2. The third kappa shape index (κ3) is 3.35. The lowest BCUT2D eigenvalue weighted by atomic mass is 10.4. The van der Waals surface area contributed by atoms with E-state index in [9.17, 15) is 21.6 Å². The maximum atomic E-state index is 14.5. The first-order chi connectivity index (χ1) is 13.3. The Balaban J connectivity index is 1.64. The van der Waals surface area contributed by atoms with Gasteiger partial charge in [0.25, 0.3) is 21.8 Å². The Morgan fingerprint density at radius 3 is 2.68 bits per heavy atom. The SMILES string of the molecule is O=S(=O)(N(Cc1ncc(-c2nnc(C(F)F)o2)s1)c1cccnc1)C1(F)CC1. The van der Waals surface area contributed by atoms with Crippen molar-refractivity contribution in [3.05, 3.63) is 41.6 Å². The van der Waals surface area contributed by atoms with Crippen molar-refractivity contribution in [2.75, 3.05) is 4.31 Å². The van der Waals surface area contributed by atoms with E-state index < -0.39 is 27.3 Å². The van der Waals surface area contributed by atoms with Crippen molar-refractivity contribution in [1.82, 2.24) is 20.2 Å². The van der Waals surface area contributed by atoms with Crippen LogP contribution in [0.3, 0.4) is 0 Å². The third-order valence-corrected chi connectivity index (χ3v) is 7.22. The maximum Gasteiger partial charge on any atom is 0.314 e. The van der Waals surface area contributed by atoms with Crippen molar-refractivity contribution in [3.8, 4) is 10.8 Å². The van der Waals surface area contributed by atoms with E-state index in [1.54, 1.807) is 0 Å². The van der Waals surface area contributed by atoms with E-state index in [2.05, 4.69) is 20.2 Å². The number of pyridine rings is 1. The molecule has 3 aromatic rings. The number of hydrogen-bond donors (Lipinski definition) is 0. The second kappa shape index (κ2) is 6.81. The van der Waals surface area contributed by atoms with Gasteiger partial charge in [-0.15, -0.1) is 21.5 Å². The van der Waals surface area contributed by atoms with Crippen LogP contribution in [0, 0.1) is 0 Å². The van der Waals surface area contributed by atoms with Gasteiger partial charge in [0.15, 0.2) is 0 Å². The van der Waals surface area contributed by atoms with Crippen molar-refractivity contribution in [2.45, 2.75) is 30.8 Å². The Bertz CT molecular complexity index is 1080. The molecule has 1 aliphatic rings. The lowest BCUT2D eigenvalue weighted by Gasteiger charge is -2.24. The van der Waals surface area contributed by atoms with Crippen LogP contribution in [0.5, 0.6) is 0 Å². The third-order valence-electron chi connectivity index (χ3n) is 4.00. The summed E-state index contributed by atoms with van der Waals surface area (Å²) in [5, 5.41) is 4.76. The predicted octanol–water partition coefficient (Wildman–Crippen LogP) is 3.32. The number of hydrogen-bond acceptors (Lipinski definition) is 8. The zero-order chi connectivity index (χ0) is 19.9. The summed E-state index contributed by atoms with van der Waals surface area (Å²) in [5.41, 5.74) is 0.195. The molecular weight excluding hydrogens is 419 g/mol. The molecule has 1 saturated carbocycles. The van der Waals surface area contributed by atoms with Gasteiger partial charge in [-0.05, 0) is 12.1 Å². The summed E-state index contributed by atoms with van der Waals surface area (Å²) in [7, 11) is -4.30.